The average molecular weight is 329 g/mol. The molecule has 3 rings (SSSR count). The van der Waals surface area contributed by atoms with Gasteiger partial charge in [-0.3, -0.25) is 9.69 Å². The van der Waals surface area contributed by atoms with Crippen LogP contribution >= 0.6 is 11.6 Å². The standard InChI is InChI=1S/C19H21ClN2O/c20-17-6-8-18(9-7-17)21-19(23)14-22-12-10-16(11-13-22)15-4-2-1-3-5-15/h1-9,16H,10-14H2,(H,21,23). The summed E-state index contributed by atoms with van der Waals surface area (Å²) in [6, 6.07) is 17.9. The molecule has 0 radical (unpaired) electrons. The molecule has 4 heteroatoms. The van der Waals surface area contributed by atoms with Crippen molar-refractivity contribution in [1.82, 2.24) is 4.90 Å². The van der Waals surface area contributed by atoms with Gasteiger partial charge >= 0.3 is 0 Å². The third-order valence-corrected chi connectivity index (χ3v) is 4.61. The van der Waals surface area contributed by atoms with Crippen LogP contribution in [0.1, 0.15) is 24.3 Å². The summed E-state index contributed by atoms with van der Waals surface area (Å²) in [6.45, 7) is 2.38. The molecule has 3 nitrogen and oxygen atoms in total. The zero-order valence-corrected chi connectivity index (χ0v) is 13.8. The van der Waals surface area contributed by atoms with Crippen molar-refractivity contribution in [2.75, 3.05) is 25.0 Å². The van der Waals surface area contributed by atoms with Gasteiger partial charge < -0.3 is 5.32 Å². The number of carbonyl (C=O) groups excluding carboxylic acids is 1. The highest BCUT2D eigenvalue weighted by molar-refractivity contribution is 6.30. The van der Waals surface area contributed by atoms with E-state index in [1.165, 1.54) is 5.56 Å². The number of hydrogen-bond acceptors (Lipinski definition) is 2. The van der Waals surface area contributed by atoms with E-state index in [0.717, 1.165) is 31.6 Å². The predicted molar refractivity (Wildman–Crippen MR) is 94.9 cm³/mol. The van der Waals surface area contributed by atoms with E-state index < -0.39 is 0 Å². The van der Waals surface area contributed by atoms with Crippen LogP contribution in [-0.2, 0) is 4.79 Å². The summed E-state index contributed by atoms with van der Waals surface area (Å²) < 4.78 is 0. The second-order valence-corrected chi connectivity index (χ2v) is 6.45. The summed E-state index contributed by atoms with van der Waals surface area (Å²) in [5.74, 6) is 0.650. The van der Waals surface area contributed by atoms with E-state index in [9.17, 15) is 4.79 Å². The minimum Gasteiger partial charge on any atom is -0.325 e. The molecule has 120 valence electrons. The van der Waals surface area contributed by atoms with Gasteiger partial charge in [-0.1, -0.05) is 41.9 Å². The number of rotatable bonds is 4. The lowest BCUT2D eigenvalue weighted by Gasteiger charge is -2.31. The Balaban J connectivity index is 1.47. The molecular formula is C19H21ClN2O. The Labute approximate surface area is 142 Å². The average Bonchev–Trinajstić information content (AvgIpc) is 2.58. The minimum absolute atomic E-state index is 0.0329. The van der Waals surface area contributed by atoms with Gasteiger partial charge in [-0.15, -0.1) is 0 Å². The fourth-order valence-electron chi connectivity index (χ4n) is 3.09. The van der Waals surface area contributed by atoms with E-state index in [-0.39, 0.29) is 5.91 Å². The van der Waals surface area contributed by atoms with Gasteiger partial charge in [-0.25, -0.2) is 0 Å². The lowest BCUT2D eigenvalue weighted by molar-refractivity contribution is -0.117. The monoisotopic (exact) mass is 328 g/mol. The third-order valence-electron chi connectivity index (χ3n) is 4.35. The topological polar surface area (TPSA) is 32.3 Å². The molecule has 0 saturated carbocycles. The minimum atomic E-state index is 0.0329. The second kappa shape index (κ2) is 7.62. The molecule has 1 amide bonds. The number of nitrogens with zero attached hydrogens (tertiary/aromatic N) is 1. The van der Waals surface area contributed by atoms with Crippen molar-refractivity contribution in [2.24, 2.45) is 0 Å². The summed E-state index contributed by atoms with van der Waals surface area (Å²) in [5, 5.41) is 3.59. The van der Waals surface area contributed by atoms with Crippen LogP contribution in [0.15, 0.2) is 54.6 Å². The van der Waals surface area contributed by atoms with Gasteiger partial charge in [0.15, 0.2) is 0 Å². The lowest BCUT2D eigenvalue weighted by Crippen LogP contribution is -2.38. The Bertz CT molecular complexity index is 634. The number of benzene rings is 2. The molecule has 2 aromatic carbocycles. The Morgan fingerprint density at radius 2 is 1.70 bits per heavy atom. The number of anilines is 1. The van der Waals surface area contributed by atoms with Crippen molar-refractivity contribution in [3.8, 4) is 0 Å². The molecule has 0 spiro atoms. The van der Waals surface area contributed by atoms with Crippen molar-refractivity contribution >= 4 is 23.2 Å². The number of nitrogens with one attached hydrogen (secondary N) is 1. The highest BCUT2D eigenvalue weighted by Crippen LogP contribution is 2.27. The van der Waals surface area contributed by atoms with E-state index in [4.69, 9.17) is 11.6 Å². The molecule has 1 saturated heterocycles. The molecule has 0 aromatic heterocycles. The van der Waals surface area contributed by atoms with Crippen LogP contribution in [0.2, 0.25) is 5.02 Å². The highest BCUT2D eigenvalue weighted by Gasteiger charge is 2.21. The van der Waals surface area contributed by atoms with Crippen molar-refractivity contribution < 1.29 is 4.79 Å². The summed E-state index contributed by atoms with van der Waals surface area (Å²) in [5.41, 5.74) is 2.20. The Hall–Kier alpha value is -1.84. The highest BCUT2D eigenvalue weighted by atomic mass is 35.5. The van der Waals surface area contributed by atoms with Gasteiger partial charge in [0.25, 0.3) is 0 Å². The molecule has 1 fully saturated rings. The van der Waals surface area contributed by atoms with Crippen LogP contribution in [0.4, 0.5) is 5.69 Å². The van der Waals surface area contributed by atoms with Gasteiger partial charge in [0.05, 0.1) is 6.54 Å². The zero-order valence-electron chi connectivity index (χ0n) is 13.0. The molecule has 1 N–H and O–H groups in total. The van der Waals surface area contributed by atoms with Crippen LogP contribution in [0.3, 0.4) is 0 Å². The van der Waals surface area contributed by atoms with Crippen LogP contribution in [0.25, 0.3) is 0 Å². The maximum Gasteiger partial charge on any atom is 0.238 e. The molecule has 1 aliphatic rings. The van der Waals surface area contributed by atoms with E-state index in [1.54, 1.807) is 12.1 Å². The fraction of sp³-hybridized carbons (Fsp3) is 0.316. The summed E-state index contributed by atoms with van der Waals surface area (Å²) in [7, 11) is 0. The number of hydrogen-bond donors (Lipinski definition) is 1. The van der Waals surface area contributed by atoms with Gasteiger partial charge in [-0.05, 0) is 61.7 Å². The third kappa shape index (κ3) is 4.57. The zero-order chi connectivity index (χ0) is 16.1. The number of piperidine rings is 1. The SMILES string of the molecule is O=C(CN1CCC(c2ccccc2)CC1)Nc1ccc(Cl)cc1. The second-order valence-electron chi connectivity index (χ2n) is 6.02. The maximum atomic E-state index is 12.1. The molecule has 0 bridgehead atoms. The molecule has 1 aliphatic heterocycles. The lowest BCUT2D eigenvalue weighted by atomic mass is 9.89. The molecular weight excluding hydrogens is 308 g/mol. The van der Waals surface area contributed by atoms with Gasteiger partial charge in [0.2, 0.25) is 5.91 Å². The first-order valence-electron chi connectivity index (χ1n) is 8.03. The van der Waals surface area contributed by atoms with Crippen LogP contribution < -0.4 is 5.32 Å². The molecule has 2 aromatic rings. The Morgan fingerprint density at radius 3 is 2.35 bits per heavy atom. The van der Waals surface area contributed by atoms with Gasteiger partial charge in [0, 0.05) is 10.7 Å². The van der Waals surface area contributed by atoms with Crippen LogP contribution in [0, 0.1) is 0 Å². The van der Waals surface area contributed by atoms with Crippen molar-refractivity contribution in [2.45, 2.75) is 18.8 Å². The largest absolute Gasteiger partial charge is 0.325 e. The summed E-state index contributed by atoms with van der Waals surface area (Å²) in [4.78, 5) is 14.4. The molecule has 1 heterocycles. The van der Waals surface area contributed by atoms with E-state index in [1.807, 2.05) is 12.1 Å². The van der Waals surface area contributed by atoms with E-state index >= 15 is 0 Å². The maximum absolute atomic E-state index is 12.1. The molecule has 23 heavy (non-hydrogen) atoms. The first-order chi connectivity index (χ1) is 11.2. The van der Waals surface area contributed by atoms with Crippen molar-refractivity contribution in [3.05, 3.63) is 65.2 Å². The number of halogens is 1. The number of likely N-dealkylation sites (tertiary alicyclic amines) is 1. The smallest absolute Gasteiger partial charge is 0.238 e. The van der Waals surface area contributed by atoms with Crippen molar-refractivity contribution in [1.29, 1.82) is 0 Å². The first-order valence-corrected chi connectivity index (χ1v) is 8.41. The van der Waals surface area contributed by atoms with Crippen molar-refractivity contribution in [3.63, 3.8) is 0 Å². The first kappa shape index (κ1) is 16.0. The number of carbonyl (C=O) groups is 1. The summed E-state index contributed by atoms with van der Waals surface area (Å²) >= 11 is 5.85. The Kier molecular flexibility index (Phi) is 5.31. The molecule has 0 aliphatic carbocycles. The normalized spacial score (nSPS) is 16.2. The van der Waals surface area contributed by atoms with Gasteiger partial charge in [-0.2, -0.15) is 0 Å². The predicted octanol–water partition coefficient (Wildman–Crippen LogP) is 4.16. The van der Waals surface area contributed by atoms with Crippen LogP contribution in [0.5, 0.6) is 0 Å². The molecule has 0 unspecified atom stereocenters. The summed E-state index contributed by atoms with van der Waals surface area (Å²) in [6.07, 6.45) is 2.22. The fourth-order valence-corrected chi connectivity index (χ4v) is 3.21. The van der Waals surface area contributed by atoms with Crippen LogP contribution in [-0.4, -0.2) is 30.4 Å². The van der Waals surface area contributed by atoms with Gasteiger partial charge in [0.1, 0.15) is 0 Å². The van der Waals surface area contributed by atoms with E-state index in [0.29, 0.717) is 17.5 Å². The Morgan fingerprint density at radius 1 is 1.04 bits per heavy atom. The number of amides is 1. The quantitative estimate of drug-likeness (QED) is 0.914. The molecule has 0 atom stereocenters. The van der Waals surface area contributed by atoms with E-state index in [2.05, 4.69) is 40.5 Å².